The second kappa shape index (κ2) is 5.41. The SMILES string of the molecule is CCc1cccc(Oc2cnc(CO)cn2)c1. The first-order valence-electron chi connectivity index (χ1n) is 5.50. The molecule has 1 N–H and O–H groups in total. The number of rotatable bonds is 4. The van der Waals surface area contributed by atoms with E-state index in [1.165, 1.54) is 18.0 Å². The van der Waals surface area contributed by atoms with Gasteiger partial charge in [0.15, 0.2) is 0 Å². The molecule has 1 aromatic carbocycles. The highest BCUT2D eigenvalue weighted by molar-refractivity contribution is 5.31. The Hall–Kier alpha value is -1.94. The van der Waals surface area contributed by atoms with Crippen molar-refractivity contribution >= 4 is 0 Å². The molecule has 0 aliphatic rings. The Labute approximate surface area is 99.9 Å². The number of hydrogen-bond acceptors (Lipinski definition) is 4. The molecule has 2 aromatic rings. The minimum atomic E-state index is -0.113. The topological polar surface area (TPSA) is 55.2 Å². The average molecular weight is 230 g/mol. The third-order valence-electron chi connectivity index (χ3n) is 2.37. The van der Waals surface area contributed by atoms with Crippen molar-refractivity contribution in [2.45, 2.75) is 20.0 Å². The van der Waals surface area contributed by atoms with Crippen LogP contribution in [-0.4, -0.2) is 15.1 Å². The molecule has 0 aliphatic heterocycles. The van der Waals surface area contributed by atoms with Crippen molar-refractivity contribution in [2.24, 2.45) is 0 Å². The molecule has 17 heavy (non-hydrogen) atoms. The molecule has 0 spiro atoms. The molecule has 0 saturated heterocycles. The summed E-state index contributed by atoms with van der Waals surface area (Å²) in [6, 6.07) is 7.85. The van der Waals surface area contributed by atoms with Crippen LogP contribution in [0.3, 0.4) is 0 Å². The molecular formula is C13H14N2O2. The molecule has 88 valence electrons. The average Bonchev–Trinajstić information content (AvgIpc) is 2.40. The Morgan fingerprint density at radius 1 is 1.24 bits per heavy atom. The van der Waals surface area contributed by atoms with Gasteiger partial charge in [0.2, 0.25) is 5.88 Å². The first kappa shape index (κ1) is 11.5. The number of benzene rings is 1. The third-order valence-corrected chi connectivity index (χ3v) is 2.37. The van der Waals surface area contributed by atoms with Crippen LogP contribution in [0.4, 0.5) is 0 Å². The first-order chi connectivity index (χ1) is 8.31. The van der Waals surface area contributed by atoms with Crippen molar-refractivity contribution in [3.8, 4) is 11.6 Å². The molecule has 4 heteroatoms. The van der Waals surface area contributed by atoms with E-state index in [-0.39, 0.29) is 6.61 Å². The molecule has 0 saturated carbocycles. The summed E-state index contributed by atoms with van der Waals surface area (Å²) < 4.78 is 5.57. The van der Waals surface area contributed by atoms with E-state index in [2.05, 4.69) is 16.9 Å². The van der Waals surface area contributed by atoms with Crippen molar-refractivity contribution in [1.82, 2.24) is 9.97 Å². The Morgan fingerprint density at radius 3 is 2.76 bits per heavy atom. The minimum Gasteiger partial charge on any atom is -0.437 e. The maximum Gasteiger partial charge on any atom is 0.237 e. The predicted molar refractivity (Wildman–Crippen MR) is 63.8 cm³/mol. The summed E-state index contributed by atoms with van der Waals surface area (Å²) in [5.74, 6) is 1.17. The Balaban J connectivity index is 2.13. The molecule has 0 radical (unpaired) electrons. The number of aromatic nitrogens is 2. The van der Waals surface area contributed by atoms with Crippen LogP contribution >= 0.6 is 0 Å². The van der Waals surface area contributed by atoms with Gasteiger partial charge in [-0.1, -0.05) is 19.1 Å². The van der Waals surface area contributed by atoms with E-state index >= 15 is 0 Å². The van der Waals surface area contributed by atoms with E-state index in [1.807, 2.05) is 24.3 Å². The maximum atomic E-state index is 8.84. The van der Waals surface area contributed by atoms with Crippen molar-refractivity contribution in [3.05, 3.63) is 47.9 Å². The van der Waals surface area contributed by atoms with E-state index in [4.69, 9.17) is 9.84 Å². The summed E-state index contributed by atoms with van der Waals surface area (Å²) in [5, 5.41) is 8.84. The van der Waals surface area contributed by atoms with Gasteiger partial charge in [-0.25, -0.2) is 4.98 Å². The molecule has 0 bridgehead atoms. The number of aryl methyl sites for hydroxylation is 1. The van der Waals surface area contributed by atoms with Crippen molar-refractivity contribution in [2.75, 3.05) is 0 Å². The van der Waals surface area contributed by atoms with Gasteiger partial charge in [0.1, 0.15) is 5.75 Å². The molecule has 0 aliphatic carbocycles. The van der Waals surface area contributed by atoms with E-state index in [1.54, 1.807) is 0 Å². The highest BCUT2D eigenvalue weighted by atomic mass is 16.5. The highest BCUT2D eigenvalue weighted by Gasteiger charge is 2.00. The van der Waals surface area contributed by atoms with Gasteiger partial charge < -0.3 is 9.84 Å². The van der Waals surface area contributed by atoms with E-state index < -0.39 is 0 Å². The molecular weight excluding hydrogens is 216 g/mol. The summed E-state index contributed by atoms with van der Waals surface area (Å²) in [6.07, 6.45) is 3.97. The van der Waals surface area contributed by atoms with Gasteiger partial charge in [-0.05, 0) is 24.1 Å². The molecule has 1 heterocycles. The number of ether oxygens (including phenoxy) is 1. The number of hydrogen-bond donors (Lipinski definition) is 1. The second-order valence-electron chi connectivity index (χ2n) is 3.61. The van der Waals surface area contributed by atoms with E-state index in [9.17, 15) is 0 Å². The Morgan fingerprint density at radius 2 is 2.12 bits per heavy atom. The minimum absolute atomic E-state index is 0.113. The monoisotopic (exact) mass is 230 g/mol. The molecule has 0 unspecified atom stereocenters. The lowest BCUT2D eigenvalue weighted by Crippen LogP contribution is -1.94. The lowest BCUT2D eigenvalue weighted by molar-refractivity contribution is 0.276. The Kier molecular flexibility index (Phi) is 3.67. The summed E-state index contributed by atoms with van der Waals surface area (Å²) in [5.41, 5.74) is 1.74. The standard InChI is InChI=1S/C13H14N2O2/c1-2-10-4-3-5-12(6-10)17-13-8-14-11(9-16)7-15-13/h3-8,16H,2,9H2,1H3. The van der Waals surface area contributed by atoms with Gasteiger partial charge in [0, 0.05) is 0 Å². The molecule has 2 rings (SSSR count). The second-order valence-corrected chi connectivity index (χ2v) is 3.61. The lowest BCUT2D eigenvalue weighted by Gasteiger charge is -2.05. The lowest BCUT2D eigenvalue weighted by atomic mass is 10.2. The van der Waals surface area contributed by atoms with Gasteiger partial charge in [-0.15, -0.1) is 0 Å². The number of nitrogens with zero attached hydrogens (tertiary/aromatic N) is 2. The Bertz CT molecular complexity index is 483. The van der Waals surface area contributed by atoms with Crippen LogP contribution in [0.1, 0.15) is 18.2 Å². The van der Waals surface area contributed by atoms with Crippen molar-refractivity contribution in [1.29, 1.82) is 0 Å². The zero-order valence-corrected chi connectivity index (χ0v) is 9.63. The fraction of sp³-hybridized carbons (Fsp3) is 0.231. The molecule has 4 nitrogen and oxygen atoms in total. The largest absolute Gasteiger partial charge is 0.437 e. The zero-order valence-electron chi connectivity index (χ0n) is 9.63. The summed E-state index contributed by atoms with van der Waals surface area (Å²) in [6.45, 7) is 1.98. The highest BCUT2D eigenvalue weighted by Crippen LogP contribution is 2.19. The molecule has 1 aromatic heterocycles. The predicted octanol–water partition coefficient (Wildman–Crippen LogP) is 2.32. The fourth-order valence-electron chi connectivity index (χ4n) is 1.43. The summed E-state index contributed by atoms with van der Waals surface area (Å²) in [7, 11) is 0. The fourth-order valence-corrected chi connectivity index (χ4v) is 1.43. The maximum absolute atomic E-state index is 8.84. The van der Waals surface area contributed by atoms with Gasteiger partial charge in [0.25, 0.3) is 0 Å². The molecule has 0 amide bonds. The van der Waals surface area contributed by atoms with Crippen molar-refractivity contribution in [3.63, 3.8) is 0 Å². The van der Waals surface area contributed by atoms with Crippen LogP contribution in [0.2, 0.25) is 0 Å². The number of aliphatic hydroxyl groups is 1. The first-order valence-corrected chi connectivity index (χ1v) is 5.50. The van der Waals surface area contributed by atoms with Crippen LogP contribution in [0, 0.1) is 0 Å². The molecule has 0 atom stereocenters. The van der Waals surface area contributed by atoms with Crippen LogP contribution < -0.4 is 4.74 Å². The van der Waals surface area contributed by atoms with Gasteiger partial charge in [-0.2, -0.15) is 0 Å². The quantitative estimate of drug-likeness (QED) is 0.875. The van der Waals surface area contributed by atoms with Crippen LogP contribution in [-0.2, 0) is 13.0 Å². The van der Waals surface area contributed by atoms with E-state index in [0.717, 1.165) is 12.2 Å². The number of aliphatic hydroxyl groups excluding tert-OH is 1. The van der Waals surface area contributed by atoms with E-state index in [0.29, 0.717) is 11.6 Å². The zero-order chi connectivity index (χ0) is 12.1. The molecule has 0 fully saturated rings. The summed E-state index contributed by atoms with van der Waals surface area (Å²) in [4.78, 5) is 8.05. The smallest absolute Gasteiger partial charge is 0.237 e. The third kappa shape index (κ3) is 3.01. The van der Waals surface area contributed by atoms with Gasteiger partial charge in [0.05, 0.1) is 24.7 Å². The van der Waals surface area contributed by atoms with Crippen LogP contribution in [0.5, 0.6) is 11.6 Å². The van der Waals surface area contributed by atoms with Crippen LogP contribution in [0.15, 0.2) is 36.7 Å². The normalized spacial score (nSPS) is 10.2. The van der Waals surface area contributed by atoms with Crippen LogP contribution in [0.25, 0.3) is 0 Å². The van der Waals surface area contributed by atoms with Gasteiger partial charge >= 0.3 is 0 Å². The summed E-state index contributed by atoms with van der Waals surface area (Å²) >= 11 is 0. The van der Waals surface area contributed by atoms with Gasteiger partial charge in [-0.3, -0.25) is 4.98 Å². The van der Waals surface area contributed by atoms with Crippen molar-refractivity contribution < 1.29 is 9.84 Å².